The minimum Gasteiger partial charge on any atom is -0.497 e. The molecule has 3 rings (SSSR count). The molecular weight excluding hydrogens is 361 g/mol. The summed E-state index contributed by atoms with van der Waals surface area (Å²) < 4.78 is 7.77. The molecule has 1 unspecified atom stereocenters. The average molecular weight is 387 g/mol. The average Bonchev–Trinajstić information content (AvgIpc) is 2.77. The quantitative estimate of drug-likeness (QED) is 0.446. The Morgan fingerprint density at radius 2 is 1.43 bits per heavy atom. The minimum absolute atomic E-state index is 0.613. The lowest BCUT2D eigenvalue weighted by Crippen LogP contribution is -2.29. The lowest BCUT2D eigenvalue weighted by Gasteiger charge is -2.31. The van der Waals surface area contributed by atoms with Crippen molar-refractivity contribution in [1.29, 1.82) is 0 Å². The van der Waals surface area contributed by atoms with Gasteiger partial charge in [-0.2, -0.15) is 0 Å². The summed E-state index contributed by atoms with van der Waals surface area (Å²) in [6.07, 6.45) is 0. The molecule has 0 amide bonds. The van der Waals surface area contributed by atoms with Crippen molar-refractivity contribution >= 4 is 18.7 Å². The second kappa shape index (κ2) is 10.1. The molecule has 0 saturated carbocycles. The van der Waals surface area contributed by atoms with Gasteiger partial charge >= 0.3 is 0 Å². The molecule has 0 aliphatic rings. The van der Waals surface area contributed by atoms with E-state index in [4.69, 9.17) is 4.74 Å². The Labute approximate surface area is 170 Å². The second-order valence-electron chi connectivity index (χ2n) is 6.28. The lowest BCUT2D eigenvalue weighted by atomic mass is 10.2. The van der Waals surface area contributed by atoms with Crippen LogP contribution in [0.2, 0.25) is 0 Å². The molecule has 3 heteroatoms. The van der Waals surface area contributed by atoms with Crippen molar-refractivity contribution in [3.05, 3.63) is 90.0 Å². The van der Waals surface area contributed by atoms with E-state index in [9.17, 15) is 0 Å². The maximum absolute atomic E-state index is 5.23. The van der Waals surface area contributed by atoms with Crippen LogP contribution in [0, 0.1) is 11.8 Å². The van der Waals surface area contributed by atoms with Gasteiger partial charge in [-0.15, -0.1) is 0 Å². The van der Waals surface area contributed by atoms with Gasteiger partial charge in [0.05, 0.1) is 7.11 Å². The Balaban J connectivity index is 2.02. The third-order valence-electron chi connectivity index (χ3n) is 4.58. The fourth-order valence-electron chi connectivity index (χ4n) is 3.11. The molecule has 3 aromatic rings. The number of benzene rings is 3. The van der Waals surface area contributed by atoms with Crippen molar-refractivity contribution in [2.24, 2.45) is 0 Å². The van der Waals surface area contributed by atoms with Crippen LogP contribution in [0.3, 0.4) is 0 Å². The molecule has 0 saturated heterocycles. The van der Waals surface area contributed by atoms with Gasteiger partial charge in [-0.1, -0.05) is 74.2 Å². The van der Waals surface area contributed by atoms with Gasteiger partial charge in [0.2, 0.25) is 0 Å². The molecule has 0 aromatic heterocycles. The zero-order valence-corrected chi connectivity index (χ0v) is 17.6. The van der Waals surface area contributed by atoms with Crippen LogP contribution in [0.4, 0.5) is 0 Å². The summed E-state index contributed by atoms with van der Waals surface area (Å²) in [6, 6.07) is 27.2. The molecule has 1 atom stereocenters. The van der Waals surface area contributed by atoms with E-state index in [0.717, 1.165) is 30.0 Å². The number of hydrogen-bond acceptors (Lipinski definition) is 2. The van der Waals surface area contributed by atoms with Gasteiger partial charge in [0.25, 0.3) is 0 Å². The van der Waals surface area contributed by atoms with E-state index in [2.05, 4.69) is 85.0 Å². The molecule has 0 heterocycles. The van der Waals surface area contributed by atoms with Crippen molar-refractivity contribution in [3.8, 4) is 17.6 Å². The van der Waals surface area contributed by atoms with Crippen LogP contribution in [0.5, 0.6) is 5.75 Å². The summed E-state index contributed by atoms with van der Waals surface area (Å²) in [5.41, 5.74) is 2.09. The van der Waals surface area contributed by atoms with Crippen LogP contribution < -0.4 is 15.3 Å². The van der Waals surface area contributed by atoms with E-state index in [0.29, 0.717) is 0 Å². The Kier molecular flexibility index (Phi) is 7.26. The first-order valence-electron chi connectivity index (χ1n) is 9.62. The molecule has 2 nitrogen and oxygen atoms in total. The third-order valence-corrected chi connectivity index (χ3v) is 7.34. The molecule has 0 N–H and O–H groups in total. The van der Waals surface area contributed by atoms with E-state index in [1.165, 1.54) is 10.6 Å². The van der Waals surface area contributed by atoms with Crippen molar-refractivity contribution < 1.29 is 4.74 Å². The van der Waals surface area contributed by atoms with Crippen molar-refractivity contribution in [1.82, 2.24) is 4.67 Å². The van der Waals surface area contributed by atoms with Gasteiger partial charge in [0.1, 0.15) is 5.75 Å². The Morgan fingerprint density at radius 1 is 0.786 bits per heavy atom. The highest BCUT2D eigenvalue weighted by atomic mass is 31.1. The number of methoxy groups -OCH3 is 1. The van der Waals surface area contributed by atoms with Gasteiger partial charge < -0.3 is 4.74 Å². The van der Waals surface area contributed by atoms with E-state index < -0.39 is 8.07 Å². The summed E-state index contributed by atoms with van der Waals surface area (Å²) in [5, 5.41) is 2.67. The SMILES string of the molecule is CCN(CC)P(c1ccccc1)c1ccccc1C#Cc1ccc(OC)cc1. The first-order chi connectivity index (χ1) is 13.8. The smallest absolute Gasteiger partial charge is 0.118 e. The predicted molar refractivity (Wildman–Crippen MR) is 121 cm³/mol. The fraction of sp³-hybridized carbons (Fsp3) is 0.200. The molecule has 0 spiro atoms. The summed E-state index contributed by atoms with van der Waals surface area (Å²) in [5.74, 6) is 7.59. The summed E-state index contributed by atoms with van der Waals surface area (Å²) in [6.45, 7) is 6.48. The Bertz CT molecular complexity index is 938. The monoisotopic (exact) mass is 387 g/mol. The van der Waals surface area contributed by atoms with Crippen LogP contribution in [-0.4, -0.2) is 24.9 Å². The molecule has 28 heavy (non-hydrogen) atoms. The summed E-state index contributed by atoms with van der Waals surface area (Å²) >= 11 is 0. The summed E-state index contributed by atoms with van der Waals surface area (Å²) in [4.78, 5) is 0. The normalized spacial score (nSPS) is 11.6. The lowest BCUT2D eigenvalue weighted by molar-refractivity contribution is 0.415. The van der Waals surface area contributed by atoms with Crippen molar-refractivity contribution in [2.75, 3.05) is 20.2 Å². The first kappa shape index (κ1) is 20.2. The van der Waals surface area contributed by atoms with Gasteiger partial charge in [0.15, 0.2) is 0 Å². The maximum atomic E-state index is 5.23. The molecule has 0 fully saturated rings. The van der Waals surface area contributed by atoms with Crippen molar-refractivity contribution in [3.63, 3.8) is 0 Å². The molecule has 0 bridgehead atoms. The zero-order valence-electron chi connectivity index (χ0n) is 16.7. The van der Waals surface area contributed by atoms with E-state index in [-0.39, 0.29) is 0 Å². The second-order valence-corrected chi connectivity index (χ2v) is 8.47. The Morgan fingerprint density at radius 3 is 2.07 bits per heavy atom. The Hall–Kier alpha value is -2.59. The van der Waals surface area contributed by atoms with Gasteiger partial charge in [0, 0.05) is 24.5 Å². The predicted octanol–water partition coefficient (Wildman–Crippen LogP) is 4.78. The maximum Gasteiger partial charge on any atom is 0.118 e. The number of ether oxygens (including phenoxy) is 1. The van der Waals surface area contributed by atoms with Crippen LogP contribution in [0.1, 0.15) is 25.0 Å². The molecular formula is C25H26NOP. The highest BCUT2D eigenvalue weighted by molar-refractivity contribution is 7.70. The molecule has 0 aliphatic carbocycles. The van der Waals surface area contributed by atoms with E-state index in [1.54, 1.807) is 7.11 Å². The number of rotatable bonds is 6. The highest BCUT2D eigenvalue weighted by Gasteiger charge is 2.21. The zero-order chi connectivity index (χ0) is 19.8. The van der Waals surface area contributed by atoms with E-state index >= 15 is 0 Å². The van der Waals surface area contributed by atoms with Crippen molar-refractivity contribution in [2.45, 2.75) is 13.8 Å². The molecule has 142 valence electrons. The number of hydrogen-bond donors (Lipinski definition) is 0. The topological polar surface area (TPSA) is 12.5 Å². The van der Waals surface area contributed by atoms with Crippen LogP contribution in [0.25, 0.3) is 0 Å². The molecule has 3 aromatic carbocycles. The van der Waals surface area contributed by atoms with Crippen LogP contribution in [0.15, 0.2) is 78.9 Å². The summed E-state index contributed by atoms with van der Waals surface area (Å²) in [7, 11) is 1.06. The number of nitrogens with zero attached hydrogens (tertiary/aromatic N) is 1. The minimum atomic E-state index is -0.613. The highest BCUT2D eigenvalue weighted by Crippen LogP contribution is 2.38. The first-order valence-corrected chi connectivity index (χ1v) is 10.9. The van der Waals surface area contributed by atoms with Gasteiger partial charge in [-0.3, -0.25) is 4.67 Å². The van der Waals surface area contributed by atoms with Crippen LogP contribution in [-0.2, 0) is 0 Å². The van der Waals surface area contributed by atoms with E-state index in [1.807, 2.05) is 24.3 Å². The third kappa shape index (κ3) is 4.82. The fourth-order valence-corrected chi connectivity index (χ4v) is 5.62. The van der Waals surface area contributed by atoms with Gasteiger partial charge in [-0.05, 0) is 48.7 Å². The van der Waals surface area contributed by atoms with Gasteiger partial charge in [-0.25, -0.2) is 0 Å². The standard InChI is InChI=1S/C25H26NOP/c1-4-26(5-2)28(24-12-7-6-8-13-24)25-14-10-9-11-22(25)18-15-21-16-19-23(27-3)20-17-21/h6-14,16-17,19-20H,4-5H2,1-3H3. The largest absolute Gasteiger partial charge is 0.497 e. The molecule has 0 radical (unpaired) electrons. The van der Waals surface area contributed by atoms with Crippen LogP contribution >= 0.6 is 8.07 Å². The molecule has 0 aliphatic heterocycles.